The molecule has 1 aromatic rings. The molecule has 0 bridgehead atoms. The predicted octanol–water partition coefficient (Wildman–Crippen LogP) is 2.48. The van der Waals surface area contributed by atoms with Crippen LogP contribution in [0.5, 0.6) is 5.75 Å². The summed E-state index contributed by atoms with van der Waals surface area (Å²) in [5, 5.41) is 8.78. The highest BCUT2D eigenvalue weighted by Crippen LogP contribution is 2.22. The third-order valence-corrected chi connectivity index (χ3v) is 1.95. The van der Waals surface area contributed by atoms with E-state index in [2.05, 4.69) is 18.8 Å². The van der Waals surface area contributed by atoms with E-state index in [4.69, 9.17) is 10.00 Å². The minimum atomic E-state index is 0.358. The second kappa shape index (κ2) is 4.61. The Balaban J connectivity index is 3.09. The molecule has 0 aliphatic carbocycles. The molecule has 0 unspecified atom stereocenters. The van der Waals surface area contributed by atoms with Crippen LogP contribution in [-0.4, -0.2) is 11.6 Å². The Morgan fingerprint density at radius 3 is 2.79 bits per heavy atom. The number of hydrogen-bond donors (Lipinski definition) is 0. The molecule has 14 heavy (non-hydrogen) atoms. The Hall–Kier alpha value is -1.56. The summed E-state index contributed by atoms with van der Waals surface area (Å²) >= 11 is 0. The predicted molar refractivity (Wildman–Crippen MR) is 54.2 cm³/mol. The Labute approximate surface area is 84.3 Å². The van der Waals surface area contributed by atoms with Gasteiger partial charge < -0.3 is 4.74 Å². The monoisotopic (exact) mass is 190 g/mol. The molecule has 0 fully saturated rings. The molecule has 0 atom stereocenters. The van der Waals surface area contributed by atoms with E-state index < -0.39 is 0 Å². The quantitative estimate of drug-likeness (QED) is 0.735. The van der Waals surface area contributed by atoms with Gasteiger partial charge in [-0.1, -0.05) is 13.8 Å². The van der Waals surface area contributed by atoms with Gasteiger partial charge in [0.2, 0.25) is 0 Å². The van der Waals surface area contributed by atoms with Gasteiger partial charge in [0, 0.05) is 6.20 Å². The van der Waals surface area contributed by atoms with Crippen molar-refractivity contribution in [1.82, 2.24) is 4.98 Å². The van der Waals surface area contributed by atoms with Gasteiger partial charge in [-0.2, -0.15) is 5.26 Å². The van der Waals surface area contributed by atoms with Crippen molar-refractivity contribution >= 4 is 0 Å². The number of hydrogen-bond acceptors (Lipinski definition) is 3. The first-order valence-electron chi connectivity index (χ1n) is 4.71. The SMILES string of the molecule is CCOc1cc(C(C)C)cnc1C#N. The molecular weight excluding hydrogens is 176 g/mol. The average Bonchev–Trinajstić information content (AvgIpc) is 2.18. The van der Waals surface area contributed by atoms with E-state index >= 15 is 0 Å². The molecule has 1 aromatic heterocycles. The molecule has 0 spiro atoms. The molecule has 0 N–H and O–H groups in total. The van der Waals surface area contributed by atoms with E-state index in [1.54, 1.807) is 6.20 Å². The average molecular weight is 190 g/mol. The first kappa shape index (κ1) is 10.5. The third-order valence-electron chi connectivity index (χ3n) is 1.95. The smallest absolute Gasteiger partial charge is 0.182 e. The first-order chi connectivity index (χ1) is 6.69. The van der Waals surface area contributed by atoms with Crippen LogP contribution in [0.3, 0.4) is 0 Å². The molecule has 0 radical (unpaired) electrons. The Morgan fingerprint density at radius 2 is 2.29 bits per heavy atom. The van der Waals surface area contributed by atoms with Crippen LogP contribution >= 0.6 is 0 Å². The largest absolute Gasteiger partial charge is 0.491 e. The maximum absolute atomic E-state index is 8.78. The summed E-state index contributed by atoms with van der Waals surface area (Å²) in [6.45, 7) is 6.61. The summed E-state index contributed by atoms with van der Waals surface area (Å²) in [6.07, 6.45) is 1.73. The Kier molecular flexibility index (Phi) is 3.47. The van der Waals surface area contributed by atoms with Crippen molar-refractivity contribution in [2.24, 2.45) is 0 Å². The maximum Gasteiger partial charge on any atom is 0.182 e. The Morgan fingerprint density at radius 1 is 1.57 bits per heavy atom. The lowest BCUT2D eigenvalue weighted by Crippen LogP contribution is -1.99. The van der Waals surface area contributed by atoms with Gasteiger partial charge in [-0.05, 0) is 24.5 Å². The molecule has 0 saturated carbocycles. The van der Waals surface area contributed by atoms with Crippen molar-refractivity contribution in [3.05, 3.63) is 23.5 Å². The van der Waals surface area contributed by atoms with Crippen LogP contribution in [0.2, 0.25) is 0 Å². The van der Waals surface area contributed by atoms with Crippen LogP contribution in [0.25, 0.3) is 0 Å². The van der Waals surface area contributed by atoms with Gasteiger partial charge in [-0.3, -0.25) is 0 Å². The molecule has 0 amide bonds. The zero-order valence-electron chi connectivity index (χ0n) is 8.74. The number of nitrogens with zero attached hydrogens (tertiary/aromatic N) is 2. The maximum atomic E-state index is 8.78. The lowest BCUT2D eigenvalue weighted by Gasteiger charge is -2.09. The number of pyridine rings is 1. The van der Waals surface area contributed by atoms with Gasteiger partial charge in [0.1, 0.15) is 6.07 Å². The highest BCUT2D eigenvalue weighted by Gasteiger charge is 2.07. The van der Waals surface area contributed by atoms with Crippen LogP contribution in [-0.2, 0) is 0 Å². The lowest BCUT2D eigenvalue weighted by atomic mass is 10.1. The van der Waals surface area contributed by atoms with Gasteiger partial charge in [0.25, 0.3) is 0 Å². The highest BCUT2D eigenvalue weighted by molar-refractivity contribution is 5.40. The summed E-state index contributed by atoms with van der Waals surface area (Å²) in [6, 6.07) is 3.90. The van der Waals surface area contributed by atoms with Crippen molar-refractivity contribution in [2.45, 2.75) is 26.7 Å². The van der Waals surface area contributed by atoms with Crippen molar-refractivity contribution in [3.63, 3.8) is 0 Å². The Bertz CT molecular complexity index is 353. The first-order valence-corrected chi connectivity index (χ1v) is 4.71. The van der Waals surface area contributed by atoms with Crippen LogP contribution < -0.4 is 4.74 Å². The second-order valence-corrected chi connectivity index (χ2v) is 3.31. The molecule has 3 nitrogen and oxygen atoms in total. The van der Waals surface area contributed by atoms with E-state index in [0.717, 1.165) is 5.56 Å². The van der Waals surface area contributed by atoms with Gasteiger partial charge in [-0.25, -0.2) is 4.98 Å². The van der Waals surface area contributed by atoms with Crippen LogP contribution in [0, 0.1) is 11.3 Å². The van der Waals surface area contributed by atoms with E-state index in [9.17, 15) is 0 Å². The van der Waals surface area contributed by atoms with E-state index in [-0.39, 0.29) is 0 Å². The summed E-state index contributed by atoms with van der Waals surface area (Å²) in [7, 11) is 0. The standard InChI is InChI=1S/C11H14N2O/c1-4-14-11-5-9(8(2)3)7-13-10(11)6-12/h5,7-8H,4H2,1-3H3. The fourth-order valence-electron chi connectivity index (χ4n) is 1.12. The van der Waals surface area contributed by atoms with Crippen molar-refractivity contribution in [2.75, 3.05) is 6.61 Å². The third kappa shape index (κ3) is 2.23. The van der Waals surface area contributed by atoms with Crippen molar-refractivity contribution in [1.29, 1.82) is 5.26 Å². The fourth-order valence-corrected chi connectivity index (χ4v) is 1.12. The van der Waals surface area contributed by atoms with E-state index in [1.807, 2.05) is 19.1 Å². The minimum Gasteiger partial charge on any atom is -0.491 e. The van der Waals surface area contributed by atoms with Crippen LogP contribution in [0.4, 0.5) is 0 Å². The summed E-state index contributed by atoms with van der Waals surface area (Å²) in [5.74, 6) is 0.982. The molecule has 0 aliphatic heterocycles. The molecular formula is C11H14N2O. The number of nitriles is 1. The fraction of sp³-hybridized carbons (Fsp3) is 0.455. The number of rotatable bonds is 3. The molecule has 74 valence electrons. The normalized spacial score (nSPS) is 9.93. The molecule has 1 rings (SSSR count). The topological polar surface area (TPSA) is 45.9 Å². The van der Waals surface area contributed by atoms with Crippen LogP contribution in [0.15, 0.2) is 12.3 Å². The van der Waals surface area contributed by atoms with Crippen LogP contribution in [0.1, 0.15) is 37.9 Å². The summed E-state index contributed by atoms with van der Waals surface area (Å²) < 4.78 is 5.33. The van der Waals surface area contributed by atoms with Gasteiger partial charge >= 0.3 is 0 Å². The molecule has 0 aromatic carbocycles. The lowest BCUT2D eigenvalue weighted by molar-refractivity contribution is 0.337. The molecule has 1 heterocycles. The van der Waals surface area contributed by atoms with E-state index in [0.29, 0.717) is 24.0 Å². The number of aromatic nitrogens is 1. The second-order valence-electron chi connectivity index (χ2n) is 3.31. The zero-order chi connectivity index (χ0) is 10.6. The molecule has 3 heteroatoms. The van der Waals surface area contributed by atoms with Crippen molar-refractivity contribution in [3.8, 4) is 11.8 Å². The van der Waals surface area contributed by atoms with Gasteiger partial charge in [0.15, 0.2) is 11.4 Å². The van der Waals surface area contributed by atoms with Crippen molar-refractivity contribution < 1.29 is 4.74 Å². The highest BCUT2D eigenvalue weighted by atomic mass is 16.5. The van der Waals surface area contributed by atoms with E-state index in [1.165, 1.54) is 0 Å². The number of ether oxygens (including phenoxy) is 1. The minimum absolute atomic E-state index is 0.358. The molecule has 0 saturated heterocycles. The van der Waals surface area contributed by atoms with Gasteiger partial charge in [0.05, 0.1) is 6.61 Å². The summed E-state index contributed by atoms with van der Waals surface area (Å²) in [5.41, 5.74) is 1.45. The zero-order valence-corrected chi connectivity index (χ0v) is 8.74. The molecule has 0 aliphatic rings. The summed E-state index contributed by atoms with van der Waals surface area (Å²) in [4.78, 5) is 4.05. The van der Waals surface area contributed by atoms with Gasteiger partial charge in [-0.15, -0.1) is 0 Å².